The predicted octanol–water partition coefficient (Wildman–Crippen LogP) is 5.05. The largest absolute Gasteiger partial charge is 0.481 e. The smallest absolute Gasteiger partial charge is 0.305 e. The number of carboxylic acids is 1. The Hall–Kier alpha value is -3.81. The van der Waals surface area contributed by atoms with Crippen molar-refractivity contribution in [3.05, 3.63) is 70.6 Å². The van der Waals surface area contributed by atoms with Gasteiger partial charge in [0.05, 0.1) is 6.42 Å². The van der Waals surface area contributed by atoms with E-state index in [-0.39, 0.29) is 30.2 Å². The monoisotopic (exact) mass is 556 g/mol. The van der Waals surface area contributed by atoms with E-state index < -0.39 is 11.6 Å². The number of amides is 2. The molecule has 41 heavy (non-hydrogen) atoms. The first-order valence-corrected chi connectivity index (χ1v) is 14.7. The van der Waals surface area contributed by atoms with Crippen molar-refractivity contribution in [2.24, 2.45) is 16.3 Å². The van der Waals surface area contributed by atoms with Gasteiger partial charge < -0.3 is 15.3 Å². The number of carbonyl (C=O) groups excluding carboxylic acids is 2. The van der Waals surface area contributed by atoms with Crippen LogP contribution in [0, 0.1) is 11.3 Å². The molecule has 2 heterocycles. The summed E-state index contributed by atoms with van der Waals surface area (Å²) < 4.78 is 0. The summed E-state index contributed by atoms with van der Waals surface area (Å²) in [6.45, 7) is 7.51. The Labute approximate surface area is 242 Å². The molecule has 1 spiro atoms. The van der Waals surface area contributed by atoms with Crippen molar-refractivity contribution in [3.8, 4) is 0 Å². The van der Waals surface area contributed by atoms with Gasteiger partial charge in [-0.15, -0.1) is 0 Å². The Morgan fingerprint density at radius 1 is 1.15 bits per heavy atom. The van der Waals surface area contributed by atoms with Crippen LogP contribution in [-0.2, 0) is 22.4 Å². The predicted molar refractivity (Wildman–Crippen MR) is 159 cm³/mol. The number of aryl methyl sites for hydroxylation is 1. The van der Waals surface area contributed by atoms with Gasteiger partial charge in [0.25, 0.3) is 11.8 Å². The lowest BCUT2D eigenvalue weighted by Gasteiger charge is -2.45. The van der Waals surface area contributed by atoms with E-state index in [0.29, 0.717) is 30.2 Å². The molecule has 1 aromatic carbocycles. The maximum atomic E-state index is 14.0. The molecule has 0 unspecified atom stereocenters. The number of pyridine rings is 1. The molecule has 0 bridgehead atoms. The van der Waals surface area contributed by atoms with Crippen LogP contribution in [0.1, 0.15) is 92.0 Å². The van der Waals surface area contributed by atoms with Crippen molar-refractivity contribution >= 4 is 29.6 Å². The minimum absolute atomic E-state index is 0.0322. The Kier molecular flexibility index (Phi) is 8.11. The van der Waals surface area contributed by atoms with Gasteiger partial charge in [0, 0.05) is 36.1 Å². The Bertz CT molecular complexity index is 1380. The summed E-state index contributed by atoms with van der Waals surface area (Å²) in [5, 5.41) is 11.4. The van der Waals surface area contributed by atoms with Crippen molar-refractivity contribution in [2.75, 3.05) is 13.1 Å². The van der Waals surface area contributed by atoms with Gasteiger partial charge >= 0.3 is 5.97 Å². The van der Waals surface area contributed by atoms with Crippen LogP contribution in [0.2, 0.25) is 0 Å². The van der Waals surface area contributed by atoms with E-state index in [0.717, 1.165) is 60.9 Å². The van der Waals surface area contributed by atoms with Crippen LogP contribution in [-0.4, -0.2) is 57.2 Å². The molecule has 216 valence electrons. The Balaban J connectivity index is 1.33. The summed E-state index contributed by atoms with van der Waals surface area (Å²) in [5.41, 5.74) is 4.63. The number of fused-ring (bicyclic) bond motifs is 1. The number of hydrogen-bond donors (Lipinski definition) is 2. The average Bonchev–Trinajstić information content (AvgIpc) is 3.21. The normalized spacial score (nSPS) is 22.0. The van der Waals surface area contributed by atoms with Crippen LogP contribution < -0.4 is 5.32 Å². The highest BCUT2D eigenvalue weighted by atomic mass is 16.4. The molecule has 2 N–H and O–H groups in total. The standard InChI is InChI=1S/C33H40N4O4/c1-32(2,3)26-12-16-33(17-13-26)36-29(25-20-24-6-4-5-7-27(24)35-21-25)31(41)37(33)19-15-22-8-10-23(11-9-22)30(40)34-18-14-28(38)39/h4,6,8-11,20-21,26H,5,7,12-19H2,1-3H3,(H,34,40)(H,38,39). The number of carboxylic acid groups (broad SMARTS) is 1. The van der Waals surface area contributed by atoms with Crippen molar-refractivity contribution in [3.63, 3.8) is 0 Å². The fraction of sp³-hybridized carbons (Fsp3) is 0.485. The third-order valence-corrected chi connectivity index (χ3v) is 8.87. The van der Waals surface area contributed by atoms with Crippen LogP contribution >= 0.6 is 0 Å². The van der Waals surface area contributed by atoms with Gasteiger partial charge in [0.1, 0.15) is 11.4 Å². The zero-order chi connectivity index (χ0) is 29.2. The molecule has 1 aliphatic heterocycles. The molecule has 0 radical (unpaired) electrons. The first-order chi connectivity index (χ1) is 19.6. The molecule has 8 nitrogen and oxygen atoms in total. The number of benzene rings is 1. The topological polar surface area (TPSA) is 112 Å². The minimum atomic E-state index is -0.950. The molecule has 1 saturated carbocycles. The second-order valence-corrected chi connectivity index (χ2v) is 12.6. The summed E-state index contributed by atoms with van der Waals surface area (Å²) in [5.74, 6) is -0.688. The molecular formula is C33H40N4O4. The number of nitrogens with zero attached hydrogens (tertiary/aromatic N) is 3. The molecule has 2 aromatic rings. The fourth-order valence-electron chi connectivity index (χ4n) is 6.33. The lowest BCUT2D eigenvalue weighted by molar-refractivity contribution is -0.136. The van der Waals surface area contributed by atoms with Gasteiger partial charge in [-0.3, -0.25) is 24.4 Å². The Morgan fingerprint density at radius 2 is 1.88 bits per heavy atom. The number of carbonyl (C=O) groups is 3. The molecule has 8 heteroatoms. The molecule has 3 aliphatic rings. The molecule has 1 fully saturated rings. The van der Waals surface area contributed by atoms with E-state index in [1.165, 1.54) is 0 Å². The van der Waals surface area contributed by atoms with Gasteiger partial charge in [0.2, 0.25) is 0 Å². The van der Waals surface area contributed by atoms with Gasteiger partial charge in [-0.25, -0.2) is 0 Å². The highest BCUT2D eigenvalue weighted by Crippen LogP contribution is 2.46. The first-order valence-electron chi connectivity index (χ1n) is 14.7. The molecule has 2 aliphatic carbocycles. The number of allylic oxidation sites excluding steroid dienone is 1. The van der Waals surface area contributed by atoms with E-state index >= 15 is 0 Å². The molecule has 0 atom stereocenters. The van der Waals surface area contributed by atoms with Crippen LogP contribution in [0.5, 0.6) is 0 Å². The Morgan fingerprint density at radius 3 is 2.56 bits per heavy atom. The van der Waals surface area contributed by atoms with E-state index in [1.54, 1.807) is 12.1 Å². The minimum Gasteiger partial charge on any atom is -0.481 e. The summed E-state index contributed by atoms with van der Waals surface area (Å²) >= 11 is 0. The maximum Gasteiger partial charge on any atom is 0.305 e. The summed E-state index contributed by atoms with van der Waals surface area (Å²) in [7, 11) is 0. The molecule has 1 aromatic heterocycles. The van der Waals surface area contributed by atoms with Crippen LogP contribution in [0.15, 0.2) is 47.6 Å². The third-order valence-electron chi connectivity index (χ3n) is 8.87. The van der Waals surface area contributed by atoms with Crippen molar-refractivity contribution in [2.45, 2.75) is 77.8 Å². The molecular weight excluding hydrogens is 516 g/mol. The van der Waals surface area contributed by atoms with Gasteiger partial charge in [-0.2, -0.15) is 0 Å². The van der Waals surface area contributed by atoms with E-state index in [1.807, 2.05) is 23.2 Å². The second kappa shape index (κ2) is 11.6. The van der Waals surface area contributed by atoms with E-state index in [9.17, 15) is 14.4 Å². The van der Waals surface area contributed by atoms with Gasteiger partial charge in [0.15, 0.2) is 0 Å². The highest BCUT2D eigenvalue weighted by molar-refractivity contribution is 6.46. The zero-order valence-corrected chi connectivity index (χ0v) is 24.3. The van der Waals surface area contributed by atoms with Crippen LogP contribution in [0.4, 0.5) is 0 Å². The lowest BCUT2D eigenvalue weighted by Crippen LogP contribution is -2.50. The number of aliphatic carboxylic acids is 1. The first kappa shape index (κ1) is 28.7. The summed E-state index contributed by atoms with van der Waals surface area (Å²) in [6, 6.07) is 9.35. The second-order valence-electron chi connectivity index (χ2n) is 12.6. The zero-order valence-electron chi connectivity index (χ0n) is 24.3. The highest BCUT2D eigenvalue weighted by Gasteiger charge is 2.49. The van der Waals surface area contributed by atoms with Crippen molar-refractivity contribution in [1.82, 2.24) is 15.2 Å². The number of aliphatic imine (C=N–C) groups is 1. The third kappa shape index (κ3) is 6.26. The number of aromatic nitrogens is 1. The molecule has 2 amide bonds. The quantitative estimate of drug-likeness (QED) is 0.473. The maximum absolute atomic E-state index is 14.0. The van der Waals surface area contributed by atoms with Crippen LogP contribution in [0.25, 0.3) is 6.08 Å². The lowest BCUT2D eigenvalue weighted by atomic mass is 9.69. The van der Waals surface area contributed by atoms with E-state index in [4.69, 9.17) is 10.1 Å². The number of nitrogens with one attached hydrogen (secondary N) is 1. The molecule has 5 rings (SSSR count). The SMILES string of the molecule is CC(C)(C)C1CCC2(CC1)N=C(c1cnc3c(c1)C=CCC3)C(=O)N2CCc1ccc(C(=O)NCCC(=O)O)cc1. The number of rotatable bonds is 8. The fourth-order valence-corrected chi connectivity index (χ4v) is 6.33. The van der Waals surface area contributed by atoms with Crippen molar-refractivity contribution < 1.29 is 19.5 Å². The molecule has 0 saturated heterocycles. The summed E-state index contributed by atoms with van der Waals surface area (Å²) in [6.07, 6.45) is 12.2. The van der Waals surface area contributed by atoms with Gasteiger partial charge in [-0.1, -0.05) is 45.1 Å². The van der Waals surface area contributed by atoms with E-state index in [2.05, 4.69) is 49.3 Å². The summed E-state index contributed by atoms with van der Waals surface area (Å²) in [4.78, 5) is 48.9. The van der Waals surface area contributed by atoms with Gasteiger partial charge in [-0.05, 0) is 85.6 Å². The number of hydrogen-bond acceptors (Lipinski definition) is 5. The average molecular weight is 557 g/mol. The van der Waals surface area contributed by atoms with Crippen LogP contribution in [0.3, 0.4) is 0 Å². The van der Waals surface area contributed by atoms with Crippen molar-refractivity contribution in [1.29, 1.82) is 0 Å².